The lowest BCUT2D eigenvalue weighted by molar-refractivity contribution is 0.0616. The molecule has 1 fully saturated rings. The highest BCUT2D eigenvalue weighted by Gasteiger charge is 2.30. The average molecular weight is 451 g/mol. The molecule has 1 aromatic carbocycles. The maximum absolute atomic E-state index is 13.5. The Morgan fingerprint density at radius 2 is 1.66 bits per heavy atom. The third-order valence-corrected chi connectivity index (χ3v) is 6.56. The fourth-order valence-electron chi connectivity index (χ4n) is 4.36. The zero-order chi connectivity index (χ0) is 22.8. The van der Waals surface area contributed by atoms with E-state index < -0.39 is 0 Å². The van der Waals surface area contributed by atoms with Crippen LogP contribution in [0, 0.1) is 32.6 Å². The number of hydrogen-bond acceptors (Lipinski definition) is 6. The molecule has 3 heterocycles. The highest BCUT2D eigenvalue weighted by Crippen LogP contribution is 2.27. The number of amides is 1. The minimum atomic E-state index is -0.0429. The molecule has 7 nitrogen and oxygen atoms in total. The Morgan fingerprint density at radius 3 is 2.28 bits per heavy atom. The number of thioether (sulfide) groups is 1. The molecule has 0 aliphatic carbocycles. The molecular weight excluding hydrogens is 420 g/mol. The largest absolute Gasteiger partial charge is 0.337 e. The smallest absolute Gasteiger partial charge is 0.276 e. The second kappa shape index (κ2) is 9.40. The first-order valence-corrected chi connectivity index (χ1v) is 12.0. The van der Waals surface area contributed by atoms with Crippen molar-refractivity contribution in [3.63, 3.8) is 0 Å². The third-order valence-electron chi connectivity index (χ3n) is 5.70. The summed E-state index contributed by atoms with van der Waals surface area (Å²) in [5.41, 5.74) is 5.11. The van der Waals surface area contributed by atoms with E-state index >= 15 is 0 Å². The predicted molar refractivity (Wildman–Crippen MR) is 126 cm³/mol. The molecule has 2 aromatic heterocycles. The summed E-state index contributed by atoms with van der Waals surface area (Å²) >= 11 is 1.50. The minimum Gasteiger partial charge on any atom is -0.337 e. The summed E-state index contributed by atoms with van der Waals surface area (Å²) in [5, 5.41) is 9.43. The second-order valence-electron chi connectivity index (χ2n) is 9.01. The highest BCUT2D eigenvalue weighted by atomic mass is 32.2. The number of piperidine rings is 1. The molecule has 168 valence electrons. The zero-order valence-corrected chi connectivity index (χ0v) is 20.2. The van der Waals surface area contributed by atoms with Crippen LogP contribution in [0.5, 0.6) is 0 Å². The minimum absolute atomic E-state index is 0.0429. The molecule has 0 saturated carbocycles. The van der Waals surface area contributed by atoms with Crippen LogP contribution < -0.4 is 0 Å². The van der Waals surface area contributed by atoms with Crippen molar-refractivity contribution in [3.05, 3.63) is 58.7 Å². The first-order valence-electron chi connectivity index (χ1n) is 11.1. The molecular formula is C24H30N6OS. The molecule has 2 atom stereocenters. The number of rotatable bonds is 5. The Balaban J connectivity index is 1.68. The van der Waals surface area contributed by atoms with E-state index in [0.717, 1.165) is 42.3 Å². The van der Waals surface area contributed by atoms with Crippen LogP contribution in [0.2, 0.25) is 0 Å². The topological polar surface area (TPSA) is 76.8 Å². The second-order valence-corrected chi connectivity index (χ2v) is 9.95. The Kier molecular flexibility index (Phi) is 6.60. The van der Waals surface area contributed by atoms with Crippen LogP contribution >= 0.6 is 11.8 Å². The molecule has 3 aromatic rings. The van der Waals surface area contributed by atoms with Gasteiger partial charge in [0.25, 0.3) is 5.91 Å². The van der Waals surface area contributed by atoms with Crippen LogP contribution in [0.1, 0.15) is 53.4 Å². The van der Waals surface area contributed by atoms with Crippen molar-refractivity contribution in [2.45, 2.75) is 51.9 Å². The van der Waals surface area contributed by atoms with E-state index in [1.807, 2.05) is 56.0 Å². The molecule has 1 aliphatic heterocycles. The van der Waals surface area contributed by atoms with Crippen molar-refractivity contribution in [2.24, 2.45) is 11.8 Å². The summed E-state index contributed by atoms with van der Waals surface area (Å²) < 4.78 is 1.78. The molecule has 0 N–H and O–H groups in total. The van der Waals surface area contributed by atoms with E-state index in [2.05, 4.69) is 34.1 Å². The van der Waals surface area contributed by atoms with Gasteiger partial charge in [0, 0.05) is 30.2 Å². The number of hydrogen-bond donors (Lipinski definition) is 0. The van der Waals surface area contributed by atoms with Gasteiger partial charge in [-0.2, -0.15) is 0 Å². The van der Waals surface area contributed by atoms with Gasteiger partial charge in [-0.25, -0.2) is 14.6 Å². The van der Waals surface area contributed by atoms with E-state index in [-0.39, 0.29) is 5.91 Å². The van der Waals surface area contributed by atoms with Gasteiger partial charge in [-0.15, -0.1) is 5.10 Å². The molecule has 1 amide bonds. The summed E-state index contributed by atoms with van der Waals surface area (Å²) in [5.74, 6) is 1.43. The summed E-state index contributed by atoms with van der Waals surface area (Å²) in [6.07, 6.45) is 1.15. The zero-order valence-electron chi connectivity index (χ0n) is 19.4. The van der Waals surface area contributed by atoms with Gasteiger partial charge in [-0.1, -0.05) is 48.5 Å². The quantitative estimate of drug-likeness (QED) is 0.424. The van der Waals surface area contributed by atoms with Crippen molar-refractivity contribution < 1.29 is 4.79 Å². The number of aromatic nitrogens is 5. The normalized spacial score (nSPS) is 18.7. The molecule has 0 radical (unpaired) electrons. The van der Waals surface area contributed by atoms with Crippen LogP contribution in [0.3, 0.4) is 0 Å². The van der Waals surface area contributed by atoms with E-state index in [9.17, 15) is 4.79 Å². The number of likely N-dealkylation sites (tertiary alicyclic amines) is 1. The van der Waals surface area contributed by atoms with Crippen molar-refractivity contribution in [2.75, 3.05) is 13.1 Å². The number of carbonyl (C=O) groups excluding carboxylic acids is 1. The number of benzene rings is 1. The van der Waals surface area contributed by atoms with Gasteiger partial charge in [-0.3, -0.25) is 4.79 Å². The Bertz CT molecular complexity index is 1080. The summed E-state index contributed by atoms with van der Waals surface area (Å²) in [4.78, 5) is 24.5. The van der Waals surface area contributed by atoms with Crippen molar-refractivity contribution in [3.8, 4) is 5.69 Å². The van der Waals surface area contributed by atoms with Gasteiger partial charge < -0.3 is 4.90 Å². The first-order chi connectivity index (χ1) is 15.3. The van der Waals surface area contributed by atoms with Gasteiger partial charge in [0.2, 0.25) is 0 Å². The first kappa shape index (κ1) is 22.5. The third kappa shape index (κ3) is 5.01. The van der Waals surface area contributed by atoms with Crippen LogP contribution in [0.15, 0.2) is 35.5 Å². The SMILES string of the molecule is Cc1ccc(-n2nnc(C(=O)N3CC(C)CC(C)C3)c2CSc2nc(C)cc(C)n2)cc1. The fourth-order valence-corrected chi connectivity index (χ4v) is 5.30. The lowest BCUT2D eigenvalue weighted by Crippen LogP contribution is -2.43. The lowest BCUT2D eigenvalue weighted by atomic mass is 9.91. The maximum Gasteiger partial charge on any atom is 0.276 e. The van der Waals surface area contributed by atoms with Gasteiger partial charge in [-0.05, 0) is 57.2 Å². The van der Waals surface area contributed by atoms with Gasteiger partial charge in [0.1, 0.15) is 0 Å². The Labute approximate surface area is 193 Å². The van der Waals surface area contributed by atoms with E-state index in [4.69, 9.17) is 0 Å². The van der Waals surface area contributed by atoms with Crippen molar-refractivity contribution in [1.29, 1.82) is 0 Å². The van der Waals surface area contributed by atoms with Gasteiger partial charge in [0.15, 0.2) is 10.9 Å². The fraction of sp³-hybridized carbons (Fsp3) is 0.458. The number of nitrogens with zero attached hydrogens (tertiary/aromatic N) is 6. The lowest BCUT2D eigenvalue weighted by Gasteiger charge is -2.34. The molecule has 0 spiro atoms. The summed E-state index contributed by atoms with van der Waals surface area (Å²) in [6.45, 7) is 11.9. The van der Waals surface area contributed by atoms with Crippen LogP contribution in [0.4, 0.5) is 0 Å². The molecule has 8 heteroatoms. The predicted octanol–water partition coefficient (Wildman–Crippen LogP) is 4.39. The maximum atomic E-state index is 13.5. The van der Waals surface area contributed by atoms with Crippen molar-refractivity contribution in [1.82, 2.24) is 29.9 Å². The van der Waals surface area contributed by atoms with Crippen LogP contribution in [0.25, 0.3) is 5.69 Å². The standard InChI is InChI=1S/C24H30N6OS/c1-15-6-8-20(9-7-15)30-21(14-32-24-25-18(4)11-19(5)26-24)22(27-28-30)23(31)29-12-16(2)10-17(3)13-29/h6-9,11,16-17H,10,12-14H2,1-5H3. The Morgan fingerprint density at radius 1 is 1.03 bits per heavy atom. The van der Waals surface area contributed by atoms with Crippen molar-refractivity contribution >= 4 is 17.7 Å². The number of carbonyl (C=O) groups is 1. The molecule has 1 aliphatic rings. The van der Waals surface area contributed by atoms with Crippen LogP contribution in [-0.2, 0) is 5.75 Å². The molecule has 1 saturated heterocycles. The summed E-state index contributed by atoms with van der Waals surface area (Å²) in [7, 11) is 0. The number of aryl methyl sites for hydroxylation is 3. The van der Waals surface area contributed by atoms with E-state index in [1.54, 1.807) is 4.68 Å². The van der Waals surface area contributed by atoms with Gasteiger partial charge in [0.05, 0.1) is 11.4 Å². The monoisotopic (exact) mass is 450 g/mol. The Hall–Kier alpha value is -2.74. The van der Waals surface area contributed by atoms with E-state index in [0.29, 0.717) is 28.4 Å². The average Bonchev–Trinajstić information content (AvgIpc) is 3.14. The highest BCUT2D eigenvalue weighted by molar-refractivity contribution is 7.98. The van der Waals surface area contributed by atoms with Crippen LogP contribution in [-0.4, -0.2) is 48.9 Å². The van der Waals surface area contributed by atoms with E-state index in [1.165, 1.54) is 17.3 Å². The molecule has 0 bridgehead atoms. The molecule has 32 heavy (non-hydrogen) atoms. The van der Waals surface area contributed by atoms with Gasteiger partial charge >= 0.3 is 0 Å². The molecule has 4 rings (SSSR count). The molecule has 2 unspecified atom stereocenters. The summed E-state index contributed by atoms with van der Waals surface area (Å²) in [6, 6.07) is 10.0.